The van der Waals surface area contributed by atoms with E-state index in [1.807, 2.05) is 23.4 Å². The summed E-state index contributed by atoms with van der Waals surface area (Å²) in [6, 6.07) is 0. The first kappa shape index (κ1) is 16.4. The highest BCUT2D eigenvalue weighted by atomic mass is 16.2. The molecule has 1 saturated heterocycles. The summed E-state index contributed by atoms with van der Waals surface area (Å²) < 4.78 is 1.84. The van der Waals surface area contributed by atoms with Gasteiger partial charge >= 0.3 is 0 Å². The third kappa shape index (κ3) is 4.47. The molecule has 1 aliphatic heterocycles. The average Bonchev–Trinajstić information content (AvgIpc) is 2.90. The zero-order valence-corrected chi connectivity index (χ0v) is 12.9. The Labute approximate surface area is 121 Å². The minimum Gasteiger partial charge on any atom is -0.343 e. The van der Waals surface area contributed by atoms with Crippen molar-refractivity contribution in [2.75, 3.05) is 13.1 Å². The lowest BCUT2D eigenvalue weighted by molar-refractivity contribution is -0.130. The van der Waals surface area contributed by atoms with E-state index in [1.54, 1.807) is 26.2 Å². The van der Waals surface area contributed by atoms with Crippen molar-refractivity contribution >= 4 is 11.7 Å². The molecule has 0 aromatic carbocycles. The maximum Gasteiger partial charge on any atom is 0.219 e. The van der Waals surface area contributed by atoms with E-state index in [2.05, 4.69) is 5.10 Å². The maximum absolute atomic E-state index is 11.2. The van der Waals surface area contributed by atoms with Crippen molar-refractivity contribution in [2.45, 2.75) is 47.1 Å². The number of aromatic nitrogens is 2. The Hall–Kier alpha value is -1.65. The van der Waals surface area contributed by atoms with Gasteiger partial charge in [-0.15, -0.1) is 0 Å². The highest BCUT2D eigenvalue weighted by Crippen LogP contribution is 2.19. The predicted molar refractivity (Wildman–Crippen MR) is 78.6 cm³/mol. The number of likely N-dealkylation sites (tertiary alicyclic amines) is 1. The maximum atomic E-state index is 11.2. The Kier molecular flexibility index (Phi) is 6.42. The van der Waals surface area contributed by atoms with Crippen LogP contribution < -0.4 is 0 Å². The zero-order valence-electron chi connectivity index (χ0n) is 12.9. The lowest BCUT2D eigenvalue weighted by atomic mass is 9.97. The van der Waals surface area contributed by atoms with E-state index in [0.717, 1.165) is 32.5 Å². The van der Waals surface area contributed by atoms with E-state index in [1.165, 1.54) is 0 Å². The van der Waals surface area contributed by atoms with Crippen molar-refractivity contribution in [1.82, 2.24) is 14.7 Å². The fraction of sp³-hybridized carbons (Fsp3) is 0.667. The van der Waals surface area contributed by atoms with Crippen molar-refractivity contribution in [1.29, 1.82) is 0 Å². The molecule has 1 amide bonds. The van der Waals surface area contributed by atoms with Crippen LogP contribution in [0, 0.1) is 5.92 Å². The summed E-state index contributed by atoms with van der Waals surface area (Å²) in [7, 11) is 0. The van der Waals surface area contributed by atoms with E-state index in [0.29, 0.717) is 11.5 Å². The monoisotopic (exact) mass is 279 g/mol. The predicted octanol–water partition coefficient (Wildman–Crippen LogP) is 2.37. The zero-order chi connectivity index (χ0) is 15.1. The lowest BCUT2D eigenvalue weighted by Gasteiger charge is -2.31. The van der Waals surface area contributed by atoms with Gasteiger partial charge in [0.2, 0.25) is 5.91 Å². The highest BCUT2D eigenvalue weighted by Gasteiger charge is 2.21. The average molecular weight is 279 g/mol. The molecule has 0 bridgehead atoms. The number of rotatable bonds is 3. The van der Waals surface area contributed by atoms with Crippen LogP contribution in [0.3, 0.4) is 0 Å². The fourth-order valence-corrected chi connectivity index (χ4v) is 2.34. The molecule has 5 nitrogen and oxygen atoms in total. The topological polar surface area (TPSA) is 55.2 Å². The number of nitrogens with zero attached hydrogens (tertiary/aromatic N) is 3. The van der Waals surface area contributed by atoms with Crippen LogP contribution in [0.2, 0.25) is 0 Å². The normalized spacial score (nSPS) is 15.5. The molecule has 1 aromatic rings. The molecule has 0 aliphatic carbocycles. The molecule has 0 spiro atoms. The van der Waals surface area contributed by atoms with Crippen molar-refractivity contribution in [3.63, 3.8) is 0 Å². The summed E-state index contributed by atoms with van der Waals surface area (Å²) in [4.78, 5) is 24.3. The van der Waals surface area contributed by atoms with Gasteiger partial charge in [-0.1, -0.05) is 13.8 Å². The van der Waals surface area contributed by atoms with Crippen molar-refractivity contribution in [2.24, 2.45) is 5.92 Å². The van der Waals surface area contributed by atoms with Crippen LogP contribution in [0.25, 0.3) is 0 Å². The Morgan fingerprint density at radius 2 is 1.85 bits per heavy atom. The van der Waals surface area contributed by atoms with E-state index < -0.39 is 0 Å². The smallest absolute Gasteiger partial charge is 0.219 e. The summed E-state index contributed by atoms with van der Waals surface area (Å²) in [6.45, 7) is 9.67. The third-order valence-electron chi connectivity index (χ3n) is 3.54. The number of hydrogen-bond acceptors (Lipinski definition) is 3. The summed E-state index contributed by atoms with van der Waals surface area (Å²) in [5, 5.41) is 4.20. The number of amides is 1. The largest absolute Gasteiger partial charge is 0.343 e. The van der Waals surface area contributed by atoms with Crippen LogP contribution in [0.1, 0.15) is 50.9 Å². The summed E-state index contributed by atoms with van der Waals surface area (Å²) in [5.41, 5.74) is 0.663. The second-order valence-electron chi connectivity index (χ2n) is 4.96. The van der Waals surface area contributed by atoms with E-state index in [-0.39, 0.29) is 11.7 Å². The van der Waals surface area contributed by atoms with Crippen LogP contribution in [0.4, 0.5) is 0 Å². The summed E-state index contributed by atoms with van der Waals surface area (Å²) in [5.74, 6) is 0.749. The van der Waals surface area contributed by atoms with E-state index >= 15 is 0 Å². The van der Waals surface area contributed by atoms with Gasteiger partial charge in [-0.3, -0.25) is 14.3 Å². The fourth-order valence-electron chi connectivity index (χ4n) is 2.34. The Morgan fingerprint density at radius 1 is 1.25 bits per heavy atom. The van der Waals surface area contributed by atoms with Gasteiger partial charge in [-0.25, -0.2) is 0 Å². The van der Waals surface area contributed by atoms with Crippen LogP contribution in [0.5, 0.6) is 0 Å². The van der Waals surface area contributed by atoms with Crippen LogP contribution in [-0.2, 0) is 11.3 Å². The number of ketones is 1. The molecule has 0 saturated carbocycles. The molecule has 2 heterocycles. The summed E-state index contributed by atoms with van der Waals surface area (Å²) >= 11 is 0. The van der Waals surface area contributed by atoms with Crippen LogP contribution >= 0.6 is 0 Å². The third-order valence-corrected chi connectivity index (χ3v) is 3.54. The molecule has 0 unspecified atom stereocenters. The van der Waals surface area contributed by atoms with Gasteiger partial charge < -0.3 is 4.90 Å². The first-order chi connectivity index (χ1) is 9.56. The summed E-state index contributed by atoms with van der Waals surface area (Å²) in [6.07, 6.45) is 5.44. The lowest BCUT2D eigenvalue weighted by Crippen LogP contribution is -2.38. The number of Topliss-reactive ketones (excluding diaryl/α,β-unsaturated/α-hetero) is 1. The first-order valence-electron chi connectivity index (χ1n) is 7.35. The second kappa shape index (κ2) is 7.82. The number of carbonyl (C=O) groups is 2. The van der Waals surface area contributed by atoms with E-state index in [9.17, 15) is 9.59 Å². The molecule has 1 aromatic heterocycles. The van der Waals surface area contributed by atoms with Gasteiger partial charge in [0.1, 0.15) is 0 Å². The molecule has 5 heteroatoms. The SMILES string of the molecule is CC.CC(=O)c1cnn(CC2CCN(C(C)=O)CC2)c1. The van der Waals surface area contributed by atoms with Gasteiger partial charge in [0.25, 0.3) is 0 Å². The quantitative estimate of drug-likeness (QED) is 0.798. The molecule has 0 radical (unpaired) electrons. The van der Waals surface area contributed by atoms with Gasteiger partial charge in [0.15, 0.2) is 5.78 Å². The van der Waals surface area contributed by atoms with Gasteiger partial charge in [0.05, 0.1) is 11.8 Å². The van der Waals surface area contributed by atoms with Gasteiger partial charge in [-0.2, -0.15) is 5.10 Å². The molecule has 1 aliphatic rings. The van der Waals surface area contributed by atoms with Crippen LogP contribution in [0.15, 0.2) is 12.4 Å². The highest BCUT2D eigenvalue weighted by molar-refractivity contribution is 5.93. The second-order valence-corrected chi connectivity index (χ2v) is 4.96. The molecular weight excluding hydrogens is 254 g/mol. The number of carbonyl (C=O) groups excluding carboxylic acids is 2. The molecule has 1 fully saturated rings. The number of piperidine rings is 1. The van der Waals surface area contributed by atoms with E-state index in [4.69, 9.17) is 0 Å². The first-order valence-corrected chi connectivity index (χ1v) is 7.35. The molecule has 2 rings (SSSR count). The van der Waals surface area contributed by atoms with Crippen molar-refractivity contribution in [3.05, 3.63) is 18.0 Å². The van der Waals surface area contributed by atoms with Crippen molar-refractivity contribution < 1.29 is 9.59 Å². The number of hydrogen-bond donors (Lipinski definition) is 0. The van der Waals surface area contributed by atoms with Crippen LogP contribution in [-0.4, -0.2) is 39.5 Å². The van der Waals surface area contributed by atoms with Gasteiger partial charge in [-0.05, 0) is 25.7 Å². The molecule has 112 valence electrons. The Morgan fingerprint density at radius 3 is 2.30 bits per heavy atom. The molecule has 20 heavy (non-hydrogen) atoms. The molecule has 0 atom stereocenters. The minimum absolute atomic E-state index is 0.0487. The molecular formula is C15H25N3O2. The van der Waals surface area contributed by atoms with Crippen molar-refractivity contribution in [3.8, 4) is 0 Å². The molecule has 0 N–H and O–H groups in total. The Bertz CT molecular complexity index is 446. The minimum atomic E-state index is 0.0487. The standard InChI is InChI=1S/C13H19N3O2.C2H6/c1-10(17)13-7-14-16(9-13)8-12-3-5-15(6-4-12)11(2)18;1-2/h7,9,12H,3-6,8H2,1-2H3;1-2H3. The Balaban J connectivity index is 0.000000956. The van der Waals surface area contributed by atoms with Gasteiger partial charge in [0, 0.05) is 32.8 Å².